The Morgan fingerprint density at radius 3 is 2.65 bits per heavy atom. The SMILES string of the molecule is COc1ccc(NC(N)=NCc2cn3c(C)cccc3n2)cc1OC.I. The highest BCUT2D eigenvalue weighted by molar-refractivity contribution is 14.0. The van der Waals surface area contributed by atoms with E-state index >= 15 is 0 Å². The van der Waals surface area contributed by atoms with Crippen LogP contribution < -0.4 is 20.5 Å². The van der Waals surface area contributed by atoms with Crippen molar-refractivity contribution < 1.29 is 9.47 Å². The zero-order chi connectivity index (χ0) is 17.8. The van der Waals surface area contributed by atoms with Gasteiger partial charge in [0.25, 0.3) is 0 Å². The molecule has 0 spiro atoms. The van der Waals surface area contributed by atoms with Crippen LogP contribution in [0.5, 0.6) is 11.5 Å². The first-order valence-corrected chi connectivity index (χ1v) is 7.83. The summed E-state index contributed by atoms with van der Waals surface area (Å²) in [5.41, 5.74) is 9.61. The Labute approximate surface area is 169 Å². The molecule has 2 heterocycles. The predicted molar refractivity (Wildman–Crippen MR) is 114 cm³/mol. The summed E-state index contributed by atoms with van der Waals surface area (Å²) in [6.45, 7) is 2.43. The van der Waals surface area contributed by atoms with Crippen LogP contribution in [0.25, 0.3) is 5.65 Å². The molecule has 7 nitrogen and oxygen atoms in total. The van der Waals surface area contributed by atoms with E-state index in [9.17, 15) is 0 Å². The van der Waals surface area contributed by atoms with E-state index < -0.39 is 0 Å². The van der Waals surface area contributed by atoms with Gasteiger partial charge in [-0.1, -0.05) is 6.07 Å². The maximum Gasteiger partial charge on any atom is 0.193 e. The molecular formula is C18H22IN5O2. The molecule has 0 aliphatic carbocycles. The minimum Gasteiger partial charge on any atom is -0.493 e. The van der Waals surface area contributed by atoms with E-state index in [1.54, 1.807) is 26.4 Å². The summed E-state index contributed by atoms with van der Waals surface area (Å²) in [4.78, 5) is 8.89. The van der Waals surface area contributed by atoms with Crippen molar-refractivity contribution in [2.24, 2.45) is 10.7 Å². The molecule has 138 valence electrons. The van der Waals surface area contributed by atoms with E-state index in [0.717, 1.165) is 22.7 Å². The number of halogens is 1. The van der Waals surface area contributed by atoms with E-state index in [0.29, 0.717) is 24.0 Å². The number of anilines is 1. The molecule has 0 bridgehead atoms. The van der Waals surface area contributed by atoms with Crippen molar-refractivity contribution in [3.8, 4) is 11.5 Å². The second-order valence-corrected chi connectivity index (χ2v) is 5.52. The number of imidazole rings is 1. The van der Waals surface area contributed by atoms with E-state index in [1.165, 1.54) is 0 Å². The van der Waals surface area contributed by atoms with Crippen molar-refractivity contribution in [1.29, 1.82) is 0 Å². The number of rotatable bonds is 5. The van der Waals surface area contributed by atoms with Gasteiger partial charge in [0.1, 0.15) is 5.65 Å². The molecule has 3 N–H and O–H groups in total. The fourth-order valence-electron chi connectivity index (χ4n) is 2.54. The van der Waals surface area contributed by atoms with Crippen molar-refractivity contribution >= 4 is 41.3 Å². The normalized spacial score (nSPS) is 11.1. The molecule has 3 rings (SSSR count). The number of benzene rings is 1. The maximum absolute atomic E-state index is 5.97. The smallest absolute Gasteiger partial charge is 0.193 e. The molecule has 1 aromatic carbocycles. The van der Waals surface area contributed by atoms with Gasteiger partial charge < -0.3 is 24.9 Å². The zero-order valence-corrected chi connectivity index (χ0v) is 17.2. The fourth-order valence-corrected chi connectivity index (χ4v) is 2.54. The number of fused-ring (bicyclic) bond motifs is 1. The summed E-state index contributed by atoms with van der Waals surface area (Å²) >= 11 is 0. The van der Waals surface area contributed by atoms with Gasteiger partial charge in [0.2, 0.25) is 0 Å². The molecular weight excluding hydrogens is 445 g/mol. The van der Waals surface area contributed by atoms with Crippen LogP contribution in [-0.2, 0) is 6.54 Å². The minimum atomic E-state index is 0. The van der Waals surface area contributed by atoms with E-state index in [4.69, 9.17) is 15.2 Å². The highest BCUT2D eigenvalue weighted by atomic mass is 127. The number of nitrogens with two attached hydrogens (primary N) is 1. The number of guanidine groups is 1. The van der Waals surface area contributed by atoms with Crippen LogP contribution in [0.4, 0.5) is 5.69 Å². The number of ether oxygens (including phenoxy) is 2. The lowest BCUT2D eigenvalue weighted by Crippen LogP contribution is -2.22. The van der Waals surface area contributed by atoms with E-state index in [2.05, 4.69) is 15.3 Å². The third-order valence-electron chi connectivity index (χ3n) is 3.81. The van der Waals surface area contributed by atoms with Gasteiger partial charge in [-0.25, -0.2) is 9.98 Å². The van der Waals surface area contributed by atoms with Crippen LogP contribution in [-0.4, -0.2) is 29.6 Å². The van der Waals surface area contributed by atoms with Gasteiger partial charge in [0.05, 0.1) is 26.5 Å². The van der Waals surface area contributed by atoms with Gasteiger partial charge in [-0.15, -0.1) is 24.0 Å². The zero-order valence-electron chi connectivity index (χ0n) is 14.9. The van der Waals surface area contributed by atoms with Gasteiger partial charge in [-0.2, -0.15) is 0 Å². The van der Waals surface area contributed by atoms with Crippen molar-refractivity contribution in [2.45, 2.75) is 13.5 Å². The van der Waals surface area contributed by atoms with Gasteiger partial charge in [0.15, 0.2) is 17.5 Å². The molecule has 0 saturated carbocycles. The molecule has 0 fully saturated rings. The molecule has 3 aromatic rings. The number of aliphatic imine (C=N–C) groups is 1. The van der Waals surface area contributed by atoms with Crippen LogP contribution in [0.2, 0.25) is 0 Å². The third kappa shape index (κ3) is 4.37. The summed E-state index contributed by atoms with van der Waals surface area (Å²) in [7, 11) is 3.18. The van der Waals surface area contributed by atoms with Gasteiger partial charge in [0, 0.05) is 23.6 Å². The van der Waals surface area contributed by atoms with Gasteiger partial charge >= 0.3 is 0 Å². The van der Waals surface area contributed by atoms with Crippen molar-refractivity contribution in [3.63, 3.8) is 0 Å². The number of nitrogens with one attached hydrogen (secondary N) is 1. The molecule has 0 unspecified atom stereocenters. The molecule has 0 amide bonds. The molecule has 2 aromatic heterocycles. The number of methoxy groups -OCH3 is 2. The molecule has 0 saturated heterocycles. The van der Waals surface area contributed by atoms with Gasteiger partial charge in [-0.05, 0) is 31.2 Å². The Hall–Kier alpha value is -2.49. The first-order valence-electron chi connectivity index (χ1n) is 7.83. The lowest BCUT2D eigenvalue weighted by Gasteiger charge is -2.10. The van der Waals surface area contributed by atoms with Crippen LogP contribution in [0, 0.1) is 6.92 Å². The second kappa shape index (κ2) is 8.75. The van der Waals surface area contributed by atoms with Crippen LogP contribution in [0.3, 0.4) is 0 Å². The number of aromatic nitrogens is 2. The number of hydrogen-bond donors (Lipinski definition) is 2. The molecule has 0 atom stereocenters. The van der Waals surface area contributed by atoms with Gasteiger partial charge in [-0.3, -0.25) is 0 Å². The number of hydrogen-bond acceptors (Lipinski definition) is 4. The Balaban J connectivity index is 0.00000243. The van der Waals surface area contributed by atoms with Crippen LogP contribution in [0.15, 0.2) is 47.6 Å². The Kier molecular flexibility index (Phi) is 6.67. The molecule has 0 aliphatic rings. The average molecular weight is 467 g/mol. The highest BCUT2D eigenvalue weighted by Crippen LogP contribution is 2.29. The quantitative estimate of drug-likeness (QED) is 0.342. The van der Waals surface area contributed by atoms with Crippen LogP contribution in [0.1, 0.15) is 11.4 Å². The largest absolute Gasteiger partial charge is 0.493 e. The summed E-state index contributed by atoms with van der Waals surface area (Å²) in [5.74, 6) is 1.58. The standard InChI is InChI=1S/C18H21N5O2.HI/c1-12-5-4-6-17-21-14(11-23(12)17)10-20-18(19)22-13-7-8-15(24-2)16(9-13)25-3;/h4-9,11H,10H2,1-3H3,(H3,19,20,22);1H. The Morgan fingerprint density at radius 2 is 1.96 bits per heavy atom. The molecule has 0 radical (unpaired) electrons. The third-order valence-corrected chi connectivity index (χ3v) is 3.81. The van der Waals surface area contributed by atoms with Crippen LogP contribution >= 0.6 is 24.0 Å². The molecule has 26 heavy (non-hydrogen) atoms. The fraction of sp³-hybridized carbons (Fsp3) is 0.222. The first-order chi connectivity index (χ1) is 12.1. The van der Waals surface area contributed by atoms with Crippen molar-refractivity contribution in [3.05, 3.63) is 54.0 Å². The number of aryl methyl sites for hydroxylation is 1. The highest BCUT2D eigenvalue weighted by Gasteiger charge is 2.06. The minimum absolute atomic E-state index is 0. The van der Waals surface area contributed by atoms with Crippen molar-refractivity contribution in [2.75, 3.05) is 19.5 Å². The topological polar surface area (TPSA) is 86.2 Å². The summed E-state index contributed by atoms with van der Waals surface area (Å²) in [5, 5.41) is 3.04. The first kappa shape index (κ1) is 19.8. The monoisotopic (exact) mass is 467 g/mol. The summed E-state index contributed by atoms with van der Waals surface area (Å²) < 4.78 is 12.5. The number of pyridine rings is 1. The van der Waals surface area contributed by atoms with Crippen molar-refractivity contribution in [1.82, 2.24) is 9.38 Å². The molecule has 0 aliphatic heterocycles. The maximum atomic E-state index is 5.97. The van der Waals surface area contributed by atoms with E-state index in [-0.39, 0.29) is 24.0 Å². The predicted octanol–water partition coefficient (Wildman–Crippen LogP) is 3.20. The number of nitrogens with zero attached hydrogens (tertiary/aromatic N) is 3. The lowest BCUT2D eigenvalue weighted by molar-refractivity contribution is 0.355. The Morgan fingerprint density at radius 1 is 1.19 bits per heavy atom. The lowest BCUT2D eigenvalue weighted by atomic mass is 10.3. The van der Waals surface area contributed by atoms with E-state index in [1.807, 2.05) is 41.8 Å². The summed E-state index contributed by atoms with van der Waals surface area (Å²) in [6.07, 6.45) is 1.97. The summed E-state index contributed by atoms with van der Waals surface area (Å²) in [6, 6.07) is 11.4. The molecule has 8 heteroatoms. The average Bonchev–Trinajstić information content (AvgIpc) is 3.04. The second-order valence-electron chi connectivity index (χ2n) is 5.52. The Bertz CT molecular complexity index is 923.